The molecular formula is C20H18ClF3N2O3. The zero-order valence-corrected chi connectivity index (χ0v) is 16.0. The minimum absolute atomic E-state index is 0.0187. The van der Waals surface area contributed by atoms with E-state index >= 15 is 0 Å². The smallest absolute Gasteiger partial charge is 0.419 e. The number of rotatable bonds is 2. The lowest BCUT2D eigenvalue weighted by molar-refractivity contribution is -0.272. The number of carbonyl (C=O) groups is 1. The molecule has 0 bridgehead atoms. The van der Waals surface area contributed by atoms with E-state index in [0.717, 1.165) is 0 Å². The number of phenolic OH excluding ortho intramolecular Hbond substituents is 1. The van der Waals surface area contributed by atoms with Crippen LogP contribution in [0.25, 0.3) is 0 Å². The lowest BCUT2D eigenvalue weighted by Gasteiger charge is -2.45. The Kier molecular flexibility index (Phi) is 4.47. The molecule has 0 radical (unpaired) electrons. The van der Waals surface area contributed by atoms with E-state index in [1.54, 1.807) is 18.2 Å². The zero-order valence-electron chi connectivity index (χ0n) is 15.3. The van der Waals surface area contributed by atoms with Crippen molar-refractivity contribution in [2.24, 2.45) is 0 Å². The fraction of sp³-hybridized carbons (Fsp3) is 0.350. The van der Waals surface area contributed by atoms with Gasteiger partial charge in [0.1, 0.15) is 5.75 Å². The maximum Gasteiger partial charge on any atom is 0.419 e. The molecule has 1 amide bonds. The van der Waals surface area contributed by atoms with Gasteiger partial charge >= 0.3 is 6.18 Å². The van der Waals surface area contributed by atoms with Crippen molar-refractivity contribution in [1.82, 2.24) is 0 Å². The van der Waals surface area contributed by atoms with E-state index in [-0.39, 0.29) is 34.2 Å². The Hall–Kier alpha value is -2.45. The van der Waals surface area contributed by atoms with Gasteiger partial charge in [0, 0.05) is 22.5 Å². The molecule has 2 aliphatic rings. The summed E-state index contributed by atoms with van der Waals surface area (Å²) < 4.78 is 42.0. The van der Waals surface area contributed by atoms with Crippen molar-refractivity contribution in [3.8, 4) is 5.75 Å². The minimum atomic E-state index is -4.93. The number of alkyl halides is 3. The Bertz CT molecular complexity index is 1010. The molecule has 0 spiro atoms. The van der Waals surface area contributed by atoms with E-state index in [1.807, 2.05) is 0 Å². The number of nitrogens with one attached hydrogen (secondary N) is 2. The second-order valence-electron chi connectivity index (χ2n) is 7.56. The molecule has 4 rings (SSSR count). The van der Waals surface area contributed by atoms with Crippen LogP contribution in [0.5, 0.6) is 5.75 Å². The summed E-state index contributed by atoms with van der Waals surface area (Å²) >= 11 is 5.97. The lowest BCUT2D eigenvalue weighted by Crippen LogP contribution is -2.55. The van der Waals surface area contributed by atoms with E-state index < -0.39 is 30.2 Å². The molecule has 0 fully saturated rings. The number of amides is 1. The number of aromatic hydroxyl groups is 1. The van der Waals surface area contributed by atoms with Crippen LogP contribution in [0.2, 0.25) is 5.02 Å². The molecular weight excluding hydrogens is 409 g/mol. The number of hydrogen-bond donors (Lipinski definition) is 4. The van der Waals surface area contributed by atoms with Crippen molar-refractivity contribution in [3.05, 3.63) is 52.0 Å². The summed E-state index contributed by atoms with van der Waals surface area (Å²) in [7, 11) is 0. The molecule has 0 saturated carbocycles. The third kappa shape index (κ3) is 3.02. The maximum atomic E-state index is 14.0. The average molecular weight is 427 g/mol. The Balaban J connectivity index is 1.88. The molecule has 3 unspecified atom stereocenters. The third-order valence-electron chi connectivity index (χ3n) is 5.68. The number of aliphatic hydroxyl groups is 1. The second-order valence-corrected chi connectivity index (χ2v) is 7.97. The number of carbonyl (C=O) groups excluding carboxylic acids is 1. The summed E-state index contributed by atoms with van der Waals surface area (Å²) in [5, 5.41) is 26.7. The van der Waals surface area contributed by atoms with Crippen LogP contribution in [-0.2, 0) is 11.2 Å². The van der Waals surface area contributed by atoms with Crippen LogP contribution in [0.3, 0.4) is 0 Å². The molecule has 4 N–H and O–H groups in total. The fourth-order valence-electron chi connectivity index (χ4n) is 4.33. The van der Waals surface area contributed by atoms with Crippen LogP contribution < -0.4 is 10.6 Å². The normalized spacial score (nSPS) is 25.9. The first-order valence-electron chi connectivity index (χ1n) is 9.01. The number of hydrogen-bond acceptors (Lipinski definition) is 4. The number of anilines is 2. The number of benzene rings is 2. The first-order valence-corrected chi connectivity index (χ1v) is 9.39. The van der Waals surface area contributed by atoms with Crippen molar-refractivity contribution >= 4 is 28.9 Å². The highest BCUT2D eigenvalue weighted by molar-refractivity contribution is 6.32. The SMILES string of the molecule is CC1CC(O)(C(F)(F)F)C(Nc2cccc3c2CC(=O)N3)c2ccc(Cl)c(O)c21. The van der Waals surface area contributed by atoms with Gasteiger partial charge in [-0.05, 0) is 36.1 Å². The highest BCUT2D eigenvalue weighted by Crippen LogP contribution is 2.55. The molecule has 1 aliphatic heterocycles. The van der Waals surface area contributed by atoms with Crippen LogP contribution in [0.1, 0.15) is 42.0 Å². The highest BCUT2D eigenvalue weighted by atomic mass is 35.5. The molecule has 29 heavy (non-hydrogen) atoms. The van der Waals surface area contributed by atoms with Crippen LogP contribution in [0.4, 0.5) is 24.5 Å². The number of phenols is 1. The average Bonchev–Trinajstić information content (AvgIpc) is 3.01. The van der Waals surface area contributed by atoms with Gasteiger partial charge in [0.05, 0.1) is 17.5 Å². The predicted molar refractivity (Wildman–Crippen MR) is 102 cm³/mol. The topological polar surface area (TPSA) is 81.6 Å². The van der Waals surface area contributed by atoms with Gasteiger partial charge in [-0.1, -0.05) is 30.7 Å². The molecule has 5 nitrogen and oxygen atoms in total. The van der Waals surface area contributed by atoms with Crippen LogP contribution in [0.15, 0.2) is 30.3 Å². The lowest BCUT2D eigenvalue weighted by atomic mass is 9.70. The van der Waals surface area contributed by atoms with Gasteiger partial charge in [-0.15, -0.1) is 0 Å². The molecule has 0 saturated heterocycles. The summed E-state index contributed by atoms with van der Waals surface area (Å²) in [6.45, 7) is 1.50. The predicted octanol–water partition coefficient (Wildman–Crippen LogP) is 4.49. The molecule has 0 aromatic heterocycles. The third-order valence-corrected chi connectivity index (χ3v) is 5.98. The van der Waals surface area contributed by atoms with Gasteiger partial charge in [-0.25, -0.2) is 0 Å². The van der Waals surface area contributed by atoms with Crippen LogP contribution in [0, 0.1) is 0 Å². The molecule has 3 atom stereocenters. The molecule has 2 aromatic carbocycles. The van der Waals surface area contributed by atoms with Crippen molar-refractivity contribution in [2.45, 2.75) is 43.5 Å². The van der Waals surface area contributed by atoms with Gasteiger partial charge in [-0.2, -0.15) is 13.2 Å². The van der Waals surface area contributed by atoms with E-state index in [4.69, 9.17) is 11.6 Å². The fourth-order valence-corrected chi connectivity index (χ4v) is 4.49. The van der Waals surface area contributed by atoms with Crippen molar-refractivity contribution in [2.75, 3.05) is 10.6 Å². The van der Waals surface area contributed by atoms with Crippen molar-refractivity contribution in [3.63, 3.8) is 0 Å². The largest absolute Gasteiger partial charge is 0.506 e. The van der Waals surface area contributed by atoms with E-state index in [0.29, 0.717) is 16.9 Å². The van der Waals surface area contributed by atoms with E-state index in [9.17, 15) is 28.2 Å². The van der Waals surface area contributed by atoms with Crippen molar-refractivity contribution < 1.29 is 28.2 Å². The summed E-state index contributed by atoms with van der Waals surface area (Å²) in [5.74, 6) is -1.33. The summed E-state index contributed by atoms with van der Waals surface area (Å²) in [4.78, 5) is 11.7. The van der Waals surface area contributed by atoms with Gasteiger partial charge < -0.3 is 20.8 Å². The van der Waals surface area contributed by atoms with Crippen LogP contribution >= 0.6 is 11.6 Å². The molecule has 154 valence electrons. The standard InChI is InChI=1S/C20H18ClF3N2O3/c1-9-8-19(29,20(22,23)24)18(10-5-6-12(21)17(28)16(9)10)26-14-4-2-3-13-11(14)7-15(27)25-13/h2-6,9,18,26,28-29H,7-8H2,1H3,(H,25,27). The Morgan fingerprint density at radius 3 is 2.69 bits per heavy atom. The van der Waals surface area contributed by atoms with Crippen LogP contribution in [-0.4, -0.2) is 27.9 Å². The van der Waals surface area contributed by atoms with Crippen molar-refractivity contribution in [1.29, 1.82) is 0 Å². The highest BCUT2D eigenvalue weighted by Gasteiger charge is 2.62. The van der Waals surface area contributed by atoms with Gasteiger partial charge in [0.25, 0.3) is 0 Å². The van der Waals surface area contributed by atoms with E-state index in [1.165, 1.54) is 19.1 Å². The molecule has 2 aromatic rings. The number of halogens is 4. The number of fused-ring (bicyclic) bond motifs is 2. The maximum absolute atomic E-state index is 14.0. The second kappa shape index (κ2) is 6.53. The summed E-state index contributed by atoms with van der Waals surface area (Å²) in [6, 6.07) is 5.91. The van der Waals surface area contributed by atoms with Gasteiger partial charge in [0.15, 0.2) is 5.60 Å². The quantitative estimate of drug-likeness (QED) is 0.570. The Labute approximate surface area is 169 Å². The molecule has 1 aliphatic carbocycles. The summed E-state index contributed by atoms with van der Waals surface area (Å²) in [5.41, 5.74) is -1.35. The first-order chi connectivity index (χ1) is 13.5. The zero-order chi connectivity index (χ0) is 21.1. The molecule has 1 heterocycles. The van der Waals surface area contributed by atoms with Gasteiger partial charge in [0.2, 0.25) is 5.91 Å². The Morgan fingerprint density at radius 1 is 1.28 bits per heavy atom. The first kappa shape index (κ1) is 19.8. The molecule has 9 heteroatoms. The Morgan fingerprint density at radius 2 is 2.00 bits per heavy atom. The monoisotopic (exact) mass is 426 g/mol. The summed E-state index contributed by atoms with van der Waals surface area (Å²) in [6.07, 6.45) is -5.57. The van der Waals surface area contributed by atoms with E-state index in [2.05, 4.69) is 10.6 Å². The van der Waals surface area contributed by atoms with Gasteiger partial charge in [-0.3, -0.25) is 4.79 Å². The minimum Gasteiger partial charge on any atom is -0.506 e.